The molecule has 3 nitrogen and oxygen atoms in total. The van der Waals surface area contributed by atoms with Gasteiger partial charge in [0.1, 0.15) is 5.75 Å². The van der Waals surface area contributed by atoms with Gasteiger partial charge in [0.05, 0.1) is 17.7 Å². The second-order valence-corrected chi connectivity index (χ2v) is 6.71. The van der Waals surface area contributed by atoms with Gasteiger partial charge >= 0.3 is 0 Å². The first-order valence-corrected chi connectivity index (χ1v) is 8.37. The highest BCUT2D eigenvalue weighted by atomic mass is 35.5. The van der Waals surface area contributed by atoms with Crippen molar-refractivity contribution in [3.8, 4) is 5.75 Å². The zero-order chi connectivity index (χ0) is 14.8. The maximum atomic E-state index is 6.39. The predicted octanol–water partition coefficient (Wildman–Crippen LogP) is 4.17. The largest absolute Gasteiger partial charge is 0.493 e. The van der Waals surface area contributed by atoms with E-state index in [-0.39, 0.29) is 6.04 Å². The first-order chi connectivity index (χ1) is 10.2. The average molecular weight is 323 g/mol. The van der Waals surface area contributed by atoms with Crippen molar-refractivity contribution in [1.29, 1.82) is 0 Å². The second-order valence-electron chi connectivity index (χ2n) is 5.42. The molecule has 0 radical (unpaired) electrons. The number of fused-ring (bicyclic) bond motifs is 1. The molecule has 3 rings (SSSR count). The summed E-state index contributed by atoms with van der Waals surface area (Å²) in [6.07, 6.45) is 1.94. The summed E-state index contributed by atoms with van der Waals surface area (Å²) in [7, 11) is 0. The third-order valence-electron chi connectivity index (χ3n) is 4.05. The van der Waals surface area contributed by atoms with Crippen LogP contribution in [0, 0.1) is 6.92 Å². The molecule has 21 heavy (non-hydrogen) atoms. The molecule has 0 amide bonds. The van der Waals surface area contributed by atoms with Gasteiger partial charge in [-0.15, -0.1) is 11.3 Å². The van der Waals surface area contributed by atoms with Gasteiger partial charge in [-0.05, 0) is 48.3 Å². The SMILES string of the molecule is Cc1csc(C(CC2CCOc3ccccc32)NN)c1Cl. The normalized spacial score (nSPS) is 18.9. The first kappa shape index (κ1) is 14.9. The van der Waals surface area contributed by atoms with Crippen LogP contribution >= 0.6 is 22.9 Å². The van der Waals surface area contributed by atoms with Crippen molar-refractivity contribution in [2.45, 2.75) is 31.7 Å². The summed E-state index contributed by atoms with van der Waals surface area (Å²) in [6, 6.07) is 8.34. The second kappa shape index (κ2) is 6.36. The van der Waals surface area contributed by atoms with Crippen molar-refractivity contribution in [2.24, 2.45) is 5.84 Å². The molecule has 112 valence electrons. The minimum atomic E-state index is 0.0763. The molecule has 1 aliphatic heterocycles. The number of hydrazine groups is 1. The summed E-state index contributed by atoms with van der Waals surface area (Å²) in [6.45, 7) is 2.79. The molecule has 1 aromatic carbocycles. The Bertz CT molecular complexity index is 628. The van der Waals surface area contributed by atoms with E-state index < -0.39 is 0 Å². The van der Waals surface area contributed by atoms with Gasteiger partial charge in [0.2, 0.25) is 0 Å². The van der Waals surface area contributed by atoms with E-state index in [0.29, 0.717) is 5.92 Å². The molecule has 0 saturated carbocycles. The molecule has 0 fully saturated rings. The molecule has 2 unspecified atom stereocenters. The number of rotatable bonds is 4. The Labute approximate surface area is 134 Å². The van der Waals surface area contributed by atoms with Crippen molar-refractivity contribution in [3.63, 3.8) is 0 Å². The topological polar surface area (TPSA) is 47.3 Å². The highest BCUT2D eigenvalue weighted by molar-refractivity contribution is 7.10. The van der Waals surface area contributed by atoms with Crippen LogP contribution in [-0.2, 0) is 0 Å². The van der Waals surface area contributed by atoms with Crippen molar-refractivity contribution in [3.05, 3.63) is 50.7 Å². The third kappa shape index (κ3) is 2.94. The molecule has 2 heterocycles. The van der Waals surface area contributed by atoms with E-state index in [9.17, 15) is 0 Å². The number of hydrogen-bond acceptors (Lipinski definition) is 4. The molecule has 1 aromatic heterocycles. The number of ether oxygens (including phenoxy) is 1. The smallest absolute Gasteiger partial charge is 0.122 e. The molecule has 0 spiro atoms. The lowest BCUT2D eigenvalue weighted by Gasteiger charge is -2.28. The number of aryl methyl sites for hydroxylation is 1. The average Bonchev–Trinajstić information content (AvgIpc) is 2.85. The van der Waals surface area contributed by atoms with E-state index >= 15 is 0 Å². The van der Waals surface area contributed by atoms with Gasteiger partial charge in [-0.1, -0.05) is 29.8 Å². The number of para-hydroxylation sites is 1. The summed E-state index contributed by atoms with van der Waals surface area (Å²) in [5, 5.41) is 2.92. The minimum absolute atomic E-state index is 0.0763. The molecular weight excluding hydrogens is 304 g/mol. The minimum Gasteiger partial charge on any atom is -0.493 e. The maximum absolute atomic E-state index is 6.39. The van der Waals surface area contributed by atoms with Crippen molar-refractivity contribution in [1.82, 2.24) is 5.43 Å². The molecule has 0 saturated heterocycles. The Morgan fingerprint density at radius 2 is 2.29 bits per heavy atom. The van der Waals surface area contributed by atoms with Crippen LogP contribution < -0.4 is 16.0 Å². The van der Waals surface area contributed by atoms with Crippen LogP contribution in [0.1, 0.15) is 40.8 Å². The lowest BCUT2D eigenvalue weighted by atomic mass is 9.87. The molecule has 2 aromatic rings. The fourth-order valence-corrected chi connectivity index (χ4v) is 4.28. The highest BCUT2D eigenvalue weighted by Gasteiger charge is 2.26. The van der Waals surface area contributed by atoms with E-state index in [0.717, 1.165) is 40.7 Å². The van der Waals surface area contributed by atoms with E-state index in [4.69, 9.17) is 22.2 Å². The predicted molar refractivity (Wildman–Crippen MR) is 88.0 cm³/mol. The molecule has 1 aliphatic rings. The fraction of sp³-hybridized carbons (Fsp3) is 0.375. The first-order valence-electron chi connectivity index (χ1n) is 7.12. The maximum Gasteiger partial charge on any atom is 0.122 e. The summed E-state index contributed by atoms with van der Waals surface area (Å²) < 4.78 is 5.73. The number of benzene rings is 1. The van der Waals surface area contributed by atoms with Gasteiger partial charge in [0.25, 0.3) is 0 Å². The van der Waals surface area contributed by atoms with E-state index in [2.05, 4.69) is 22.9 Å². The van der Waals surface area contributed by atoms with Crippen LogP contribution in [0.2, 0.25) is 5.02 Å². The lowest BCUT2D eigenvalue weighted by molar-refractivity contribution is 0.255. The number of nitrogens with two attached hydrogens (primary N) is 1. The van der Waals surface area contributed by atoms with Gasteiger partial charge in [-0.25, -0.2) is 0 Å². The van der Waals surface area contributed by atoms with Gasteiger partial charge in [-0.3, -0.25) is 11.3 Å². The Morgan fingerprint density at radius 1 is 1.48 bits per heavy atom. The number of hydrogen-bond donors (Lipinski definition) is 2. The number of halogens is 1. The molecule has 5 heteroatoms. The van der Waals surface area contributed by atoms with Gasteiger partial charge in [-0.2, -0.15) is 0 Å². The van der Waals surface area contributed by atoms with Crippen LogP contribution in [0.15, 0.2) is 29.6 Å². The van der Waals surface area contributed by atoms with Gasteiger partial charge in [0.15, 0.2) is 0 Å². The number of nitrogens with one attached hydrogen (secondary N) is 1. The summed E-state index contributed by atoms with van der Waals surface area (Å²) in [5.74, 6) is 7.22. The Morgan fingerprint density at radius 3 is 3.00 bits per heavy atom. The highest BCUT2D eigenvalue weighted by Crippen LogP contribution is 2.41. The standard InChI is InChI=1S/C16H19ClN2OS/c1-10-9-21-16(15(10)17)13(19-18)8-11-6-7-20-14-5-3-2-4-12(11)14/h2-5,9,11,13,19H,6-8,18H2,1H3. The molecular formula is C16H19ClN2OS. The fourth-order valence-electron chi connectivity index (χ4n) is 2.88. The molecule has 0 bridgehead atoms. The van der Waals surface area contributed by atoms with E-state index in [1.807, 2.05) is 19.1 Å². The third-order valence-corrected chi connectivity index (χ3v) is 5.87. The van der Waals surface area contributed by atoms with Crippen LogP contribution in [0.4, 0.5) is 0 Å². The summed E-state index contributed by atoms with van der Waals surface area (Å²) in [4.78, 5) is 1.13. The van der Waals surface area contributed by atoms with Crippen molar-refractivity contribution < 1.29 is 4.74 Å². The number of thiophene rings is 1. The van der Waals surface area contributed by atoms with Crippen LogP contribution in [-0.4, -0.2) is 6.61 Å². The van der Waals surface area contributed by atoms with Crippen molar-refractivity contribution >= 4 is 22.9 Å². The summed E-state index contributed by atoms with van der Waals surface area (Å²) in [5.41, 5.74) is 5.32. The van der Waals surface area contributed by atoms with Crippen molar-refractivity contribution in [2.75, 3.05) is 6.61 Å². The summed E-state index contributed by atoms with van der Waals surface area (Å²) >= 11 is 8.06. The van der Waals surface area contributed by atoms with E-state index in [1.54, 1.807) is 11.3 Å². The quantitative estimate of drug-likeness (QED) is 0.656. The van der Waals surface area contributed by atoms with Crippen LogP contribution in [0.25, 0.3) is 0 Å². The lowest BCUT2D eigenvalue weighted by Crippen LogP contribution is -2.30. The molecule has 0 aliphatic carbocycles. The van der Waals surface area contributed by atoms with E-state index in [1.165, 1.54) is 5.56 Å². The Hall–Kier alpha value is -1.07. The van der Waals surface area contributed by atoms with Gasteiger partial charge < -0.3 is 4.74 Å². The van der Waals surface area contributed by atoms with Crippen LogP contribution in [0.3, 0.4) is 0 Å². The zero-order valence-electron chi connectivity index (χ0n) is 11.9. The zero-order valence-corrected chi connectivity index (χ0v) is 13.5. The molecule has 3 N–H and O–H groups in total. The monoisotopic (exact) mass is 322 g/mol. The van der Waals surface area contributed by atoms with Crippen LogP contribution in [0.5, 0.6) is 5.75 Å². The Kier molecular flexibility index (Phi) is 4.50. The Balaban J connectivity index is 1.84. The molecule has 2 atom stereocenters. The van der Waals surface area contributed by atoms with Gasteiger partial charge in [0, 0.05) is 4.88 Å².